The predicted octanol–water partition coefficient (Wildman–Crippen LogP) is 3.79. The van der Waals surface area contributed by atoms with Gasteiger partial charge in [0.15, 0.2) is 11.5 Å². The normalized spacial score (nSPS) is 12.9. The van der Waals surface area contributed by atoms with E-state index in [1.54, 1.807) is 48.5 Å². The fourth-order valence-electron chi connectivity index (χ4n) is 3.00. The molecule has 0 saturated heterocycles. The smallest absolute Gasteiger partial charge is 0.268 e. The van der Waals surface area contributed by atoms with E-state index in [2.05, 4.69) is 10.6 Å². The van der Waals surface area contributed by atoms with Crippen molar-refractivity contribution in [3.8, 4) is 11.5 Å². The molecule has 0 spiro atoms. The molecule has 1 aliphatic rings. The Morgan fingerprint density at radius 2 is 1.84 bits per heavy atom. The molecule has 0 saturated carbocycles. The van der Waals surface area contributed by atoms with Crippen LogP contribution in [0.25, 0.3) is 6.08 Å². The van der Waals surface area contributed by atoms with Crippen molar-refractivity contribution in [1.29, 1.82) is 0 Å². The lowest BCUT2D eigenvalue weighted by Gasteiger charge is -2.20. The Balaban J connectivity index is 1.50. The maximum absolute atomic E-state index is 12.9. The van der Waals surface area contributed by atoms with Crippen molar-refractivity contribution >= 4 is 29.5 Å². The lowest BCUT2D eigenvalue weighted by Crippen LogP contribution is -2.34. The number of fused-ring (bicyclic) bond motifs is 1. The molecule has 2 amide bonds. The van der Waals surface area contributed by atoms with Gasteiger partial charge in [0.25, 0.3) is 11.8 Å². The monoisotopic (exact) mass is 438 g/mol. The van der Waals surface area contributed by atoms with E-state index < -0.39 is 11.8 Å². The third-order valence-corrected chi connectivity index (χ3v) is 4.75. The molecule has 2 aromatic carbocycles. The zero-order valence-electron chi connectivity index (χ0n) is 16.4. The Labute approximate surface area is 183 Å². The SMILES string of the molecule is O=C(NCc1cc(Cl)c2c(c1)OCCO2)/C(=C/c1ccco1)NC(=O)c1ccccc1. The van der Waals surface area contributed by atoms with E-state index >= 15 is 0 Å². The van der Waals surface area contributed by atoms with Crippen molar-refractivity contribution in [3.05, 3.63) is 88.5 Å². The van der Waals surface area contributed by atoms with Crippen LogP contribution in [-0.4, -0.2) is 25.0 Å². The summed E-state index contributed by atoms with van der Waals surface area (Å²) in [5.41, 5.74) is 1.21. The van der Waals surface area contributed by atoms with Crippen LogP contribution < -0.4 is 20.1 Å². The first-order valence-corrected chi connectivity index (χ1v) is 9.96. The van der Waals surface area contributed by atoms with E-state index in [4.69, 9.17) is 25.5 Å². The molecular formula is C23H19ClN2O5. The van der Waals surface area contributed by atoms with E-state index in [9.17, 15) is 9.59 Å². The molecule has 2 N–H and O–H groups in total. The van der Waals surface area contributed by atoms with Gasteiger partial charge in [-0.3, -0.25) is 9.59 Å². The Bertz CT molecular complexity index is 1110. The molecule has 31 heavy (non-hydrogen) atoms. The highest BCUT2D eigenvalue weighted by molar-refractivity contribution is 6.32. The van der Waals surface area contributed by atoms with Crippen LogP contribution in [0.1, 0.15) is 21.7 Å². The molecule has 0 unspecified atom stereocenters. The fraction of sp³-hybridized carbons (Fsp3) is 0.130. The van der Waals surface area contributed by atoms with Crippen LogP contribution >= 0.6 is 11.6 Å². The molecule has 158 valence electrons. The average Bonchev–Trinajstić information content (AvgIpc) is 3.31. The molecule has 1 aliphatic heterocycles. The quantitative estimate of drug-likeness (QED) is 0.571. The fourth-order valence-corrected chi connectivity index (χ4v) is 3.29. The lowest BCUT2D eigenvalue weighted by atomic mass is 10.2. The summed E-state index contributed by atoms with van der Waals surface area (Å²) in [6.45, 7) is 1.04. The second-order valence-corrected chi connectivity index (χ2v) is 7.09. The van der Waals surface area contributed by atoms with Crippen LogP contribution in [0.15, 0.2) is 71.0 Å². The highest BCUT2D eigenvalue weighted by atomic mass is 35.5. The first kappa shape index (κ1) is 20.6. The Hall–Kier alpha value is -3.71. The molecule has 8 heteroatoms. The number of hydrogen-bond donors (Lipinski definition) is 2. The van der Waals surface area contributed by atoms with Crippen molar-refractivity contribution in [2.45, 2.75) is 6.54 Å². The van der Waals surface area contributed by atoms with Gasteiger partial charge in [0.1, 0.15) is 24.7 Å². The Morgan fingerprint density at radius 3 is 2.61 bits per heavy atom. The summed E-state index contributed by atoms with van der Waals surface area (Å²) in [6.07, 6.45) is 2.95. The Morgan fingerprint density at radius 1 is 1.03 bits per heavy atom. The summed E-state index contributed by atoms with van der Waals surface area (Å²) >= 11 is 6.26. The van der Waals surface area contributed by atoms with Gasteiger partial charge >= 0.3 is 0 Å². The summed E-state index contributed by atoms with van der Waals surface area (Å²) in [7, 11) is 0. The number of halogens is 1. The number of carbonyl (C=O) groups is 2. The molecular weight excluding hydrogens is 420 g/mol. The number of hydrogen-bond acceptors (Lipinski definition) is 5. The third kappa shape index (κ3) is 5.07. The van der Waals surface area contributed by atoms with Gasteiger partial charge in [-0.05, 0) is 42.0 Å². The predicted molar refractivity (Wildman–Crippen MR) is 115 cm³/mol. The number of ether oxygens (including phenoxy) is 2. The lowest BCUT2D eigenvalue weighted by molar-refractivity contribution is -0.117. The molecule has 7 nitrogen and oxygen atoms in total. The van der Waals surface area contributed by atoms with Crippen molar-refractivity contribution in [2.24, 2.45) is 0 Å². The van der Waals surface area contributed by atoms with Gasteiger partial charge in [-0.15, -0.1) is 0 Å². The zero-order valence-corrected chi connectivity index (χ0v) is 17.1. The molecule has 1 aromatic heterocycles. The maximum atomic E-state index is 12.9. The summed E-state index contributed by atoms with van der Waals surface area (Å²) in [4.78, 5) is 25.4. The highest BCUT2D eigenvalue weighted by Gasteiger charge is 2.18. The number of rotatable bonds is 6. The molecule has 0 radical (unpaired) electrons. The van der Waals surface area contributed by atoms with Crippen molar-refractivity contribution in [2.75, 3.05) is 13.2 Å². The van der Waals surface area contributed by atoms with E-state index in [1.807, 2.05) is 6.07 Å². The van der Waals surface area contributed by atoms with Crippen LogP contribution in [0.3, 0.4) is 0 Å². The topological polar surface area (TPSA) is 89.8 Å². The minimum atomic E-state index is -0.480. The summed E-state index contributed by atoms with van der Waals surface area (Å²) in [5.74, 6) is 0.576. The van der Waals surface area contributed by atoms with Gasteiger partial charge < -0.3 is 24.5 Å². The van der Waals surface area contributed by atoms with Crippen LogP contribution in [0.2, 0.25) is 5.02 Å². The summed E-state index contributed by atoms with van der Waals surface area (Å²) < 4.78 is 16.4. The van der Waals surface area contributed by atoms with Gasteiger partial charge in [0.05, 0.1) is 11.3 Å². The van der Waals surface area contributed by atoms with Crippen molar-refractivity contribution < 1.29 is 23.5 Å². The number of nitrogens with one attached hydrogen (secondary N) is 2. The molecule has 3 aromatic rings. The van der Waals surface area contributed by atoms with Crippen LogP contribution in [0.4, 0.5) is 0 Å². The van der Waals surface area contributed by atoms with Crippen LogP contribution in [-0.2, 0) is 11.3 Å². The molecule has 0 aliphatic carbocycles. The number of amides is 2. The summed E-state index contributed by atoms with van der Waals surface area (Å²) in [5, 5.41) is 5.84. The van der Waals surface area contributed by atoms with Gasteiger partial charge in [0.2, 0.25) is 0 Å². The van der Waals surface area contributed by atoms with Gasteiger partial charge in [-0.1, -0.05) is 29.8 Å². The molecule has 0 atom stereocenters. The molecule has 0 fully saturated rings. The van der Waals surface area contributed by atoms with Gasteiger partial charge in [-0.2, -0.15) is 0 Å². The Kier molecular flexibility index (Phi) is 6.24. The molecule has 2 heterocycles. The largest absolute Gasteiger partial charge is 0.486 e. The zero-order chi connectivity index (χ0) is 21.6. The second-order valence-electron chi connectivity index (χ2n) is 6.68. The van der Waals surface area contributed by atoms with E-state index in [-0.39, 0.29) is 12.2 Å². The minimum absolute atomic E-state index is 0.0486. The average molecular weight is 439 g/mol. The van der Waals surface area contributed by atoms with E-state index in [0.717, 1.165) is 5.56 Å². The van der Waals surface area contributed by atoms with E-state index in [1.165, 1.54) is 12.3 Å². The maximum Gasteiger partial charge on any atom is 0.268 e. The number of furan rings is 1. The first-order chi connectivity index (χ1) is 15.1. The van der Waals surface area contributed by atoms with Gasteiger partial charge in [0, 0.05) is 18.2 Å². The molecule has 0 bridgehead atoms. The standard InChI is InChI=1S/C23H19ClN2O5/c24-18-11-15(12-20-21(18)31-10-9-30-20)14-25-23(28)19(13-17-7-4-8-29-17)26-22(27)16-5-2-1-3-6-16/h1-8,11-13H,9-10,14H2,(H,25,28)(H,26,27)/b19-13-. The second kappa shape index (κ2) is 9.40. The summed E-state index contributed by atoms with van der Waals surface area (Å²) in [6, 6.07) is 15.5. The van der Waals surface area contributed by atoms with Crippen molar-refractivity contribution in [3.63, 3.8) is 0 Å². The minimum Gasteiger partial charge on any atom is -0.486 e. The number of benzene rings is 2. The third-order valence-electron chi connectivity index (χ3n) is 4.47. The number of carbonyl (C=O) groups excluding carboxylic acids is 2. The van der Waals surface area contributed by atoms with Crippen LogP contribution in [0, 0.1) is 0 Å². The van der Waals surface area contributed by atoms with E-state index in [0.29, 0.717) is 41.1 Å². The van der Waals surface area contributed by atoms with Gasteiger partial charge in [-0.25, -0.2) is 0 Å². The van der Waals surface area contributed by atoms with Crippen molar-refractivity contribution in [1.82, 2.24) is 10.6 Å². The van der Waals surface area contributed by atoms with Crippen LogP contribution in [0.5, 0.6) is 11.5 Å². The first-order valence-electron chi connectivity index (χ1n) is 9.58. The highest BCUT2D eigenvalue weighted by Crippen LogP contribution is 2.38. The molecule has 4 rings (SSSR count).